The van der Waals surface area contributed by atoms with Crippen molar-refractivity contribution in [2.45, 2.75) is 125 Å². The van der Waals surface area contributed by atoms with E-state index >= 15 is 0 Å². The van der Waals surface area contributed by atoms with E-state index in [2.05, 4.69) is 51.7 Å². The average Bonchev–Trinajstić information content (AvgIpc) is 1.24. The molecule has 454 valence electrons. The van der Waals surface area contributed by atoms with Crippen molar-refractivity contribution >= 4 is 85.3 Å². The number of carbonyl (C=O) groups excluding carboxylic acids is 1. The van der Waals surface area contributed by atoms with Gasteiger partial charge < -0.3 is 14.9 Å². The van der Waals surface area contributed by atoms with Gasteiger partial charge in [0, 0.05) is 78.3 Å². The van der Waals surface area contributed by atoms with Crippen molar-refractivity contribution in [3.8, 4) is 0 Å². The van der Waals surface area contributed by atoms with E-state index in [1.807, 2.05) is 42.7 Å². The lowest BCUT2D eigenvalue weighted by Gasteiger charge is -2.49. The standard InChI is InChI=1S/C54H61N3O12S3.3O3S/c1-33-28-52(2,3)56(30-34-16-9-13-20-47(34)71(64,65)66)45-26-43-41(24-39(33)45)50(37-18-11-12-19-38(37)51(60)55(8)23-15-22-49(58)59)42-25-40-36(32-70(61,62)63)29-53(4,5)57(46(40)27-44(42)54(43,6)7)31-35-17-10-14-21-48(35)72(67,68)69;3*1-4(2)3/h9-14,16-21,24-27,33,36H,15,22-23,28-32H2,1-8H3,(H3-,58,59,61,62,63,64,65,66,67,68,69);;;/p+1. The first-order chi connectivity index (χ1) is 38.6. The van der Waals surface area contributed by atoms with Crippen LogP contribution in [0.5, 0.6) is 0 Å². The van der Waals surface area contributed by atoms with Crippen LogP contribution in [-0.2, 0) is 85.5 Å². The lowest BCUT2D eigenvalue weighted by molar-refractivity contribution is -0.137. The van der Waals surface area contributed by atoms with Crippen molar-refractivity contribution in [1.82, 2.24) is 9.48 Å². The minimum Gasteiger partial charge on any atom is -0.481 e. The van der Waals surface area contributed by atoms with Crippen molar-refractivity contribution in [1.29, 1.82) is 0 Å². The molecule has 0 saturated heterocycles. The Balaban J connectivity index is 0.000000982. The molecule has 30 heteroatoms. The first-order valence-electron chi connectivity index (χ1n) is 25.3. The smallest absolute Gasteiger partial charge is 0.425 e. The third-order valence-corrected chi connectivity index (χ3v) is 17.7. The van der Waals surface area contributed by atoms with Crippen LogP contribution in [0.1, 0.15) is 141 Å². The summed E-state index contributed by atoms with van der Waals surface area (Å²) in [5, 5.41) is 10.7. The van der Waals surface area contributed by atoms with Crippen LogP contribution in [0, 0.1) is 0 Å². The second-order valence-corrected chi connectivity index (χ2v) is 27.5. The number of benzene rings is 5. The number of carbonyl (C=O) groups is 2. The summed E-state index contributed by atoms with van der Waals surface area (Å²) in [6, 6.07) is 27.9. The van der Waals surface area contributed by atoms with Gasteiger partial charge in [-0.05, 0) is 127 Å². The number of nitrogens with zero attached hydrogens (tertiary/aromatic N) is 3. The van der Waals surface area contributed by atoms with Gasteiger partial charge in [0.25, 0.3) is 36.3 Å². The van der Waals surface area contributed by atoms with Gasteiger partial charge in [0.1, 0.15) is 4.90 Å². The van der Waals surface area contributed by atoms with Crippen molar-refractivity contribution in [2.24, 2.45) is 0 Å². The maximum Gasteiger partial charge on any atom is 0.425 e. The molecule has 5 aromatic carbocycles. The minimum atomic E-state index is -4.66. The largest absolute Gasteiger partial charge is 0.481 e. The molecule has 2 heterocycles. The molecular formula is C54H62N3O21S6+. The third-order valence-electron chi connectivity index (χ3n) is 15.0. The topological polar surface area (TPSA) is 381 Å². The van der Waals surface area contributed by atoms with E-state index in [0.717, 1.165) is 27.9 Å². The van der Waals surface area contributed by atoms with Gasteiger partial charge in [-0.25, -0.2) is 4.58 Å². The van der Waals surface area contributed by atoms with Crippen molar-refractivity contribution in [2.75, 3.05) is 24.2 Å². The van der Waals surface area contributed by atoms with Crippen LogP contribution in [0.3, 0.4) is 0 Å². The van der Waals surface area contributed by atoms with Gasteiger partial charge in [0.2, 0.25) is 5.36 Å². The number of aliphatic carboxylic acids is 1. The number of rotatable bonds is 14. The van der Waals surface area contributed by atoms with Crippen LogP contribution in [0.15, 0.2) is 107 Å². The van der Waals surface area contributed by atoms with Gasteiger partial charge in [0.15, 0.2) is 12.1 Å². The Bertz CT molecular complexity index is 4220. The molecular weight excluding hydrogens is 1220 g/mol. The Kier molecular flexibility index (Phi) is 21.1. The number of hydrogen-bond acceptors (Lipinski definition) is 18. The van der Waals surface area contributed by atoms with Crippen LogP contribution in [0.2, 0.25) is 0 Å². The second-order valence-electron chi connectivity index (χ2n) is 22.0. The number of carboxylic acids is 1. The fraction of sp³-hybridized carbons (Fsp3) is 0.389. The lowest BCUT2D eigenvalue weighted by atomic mass is 9.66. The number of anilines is 1. The molecule has 2 atom stereocenters. The van der Waals surface area contributed by atoms with E-state index in [9.17, 15) is 53.6 Å². The first-order valence-corrected chi connectivity index (χ1v) is 32.8. The zero-order valence-corrected chi connectivity index (χ0v) is 51.5. The van der Waals surface area contributed by atoms with Gasteiger partial charge in [-0.1, -0.05) is 75.4 Å². The van der Waals surface area contributed by atoms with Crippen molar-refractivity contribution in [3.05, 3.63) is 158 Å². The summed E-state index contributed by atoms with van der Waals surface area (Å²) in [5.74, 6) is -2.72. The number of fused-ring (bicyclic) bond motifs is 4. The molecule has 0 spiro atoms. The Morgan fingerprint density at radius 3 is 1.71 bits per heavy atom. The summed E-state index contributed by atoms with van der Waals surface area (Å²) in [7, 11) is -21.5. The van der Waals surface area contributed by atoms with Crippen LogP contribution >= 0.6 is 0 Å². The molecule has 0 saturated carbocycles. The van der Waals surface area contributed by atoms with Crippen molar-refractivity contribution < 1.29 is 91.5 Å². The maximum absolute atomic E-state index is 14.7. The Morgan fingerprint density at radius 1 is 0.667 bits per heavy atom. The summed E-state index contributed by atoms with van der Waals surface area (Å²) in [6.07, 6.45) is 0.978. The maximum atomic E-state index is 14.7. The lowest BCUT2D eigenvalue weighted by Crippen LogP contribution is -2.54. The highest BCUT2D eigenvalue weighted by atomic mass is 32.2. The summed E-state index contributed by atoms with van der Waals surface area (Å²) in [6.45, 7) is 14.6. The van der Waals surface area contributed by atoms with Gasteiger partial charge in [-0.2, -0.15) is 25.3 Å². The van der Waals surface area contributed by atoms with E-state index in [4.69, 9.17) is 37.9 Å². The Hall–Kier alpha value is -6.90. The zero-order valence-electron chi connectivity index (χ0n) is 46.6. The summed E-state index contributed by atoms with van der Waals surface area (Å²) >= 11 is 0. The molecule has 3 aliphatic rings. The Morgan fingerprint density at radius 2 is 1.18 bits per heavy atom. The van der Waals surface area contributed by atoms with E-state index < -0.39 is 96.3 Å². The van der Waals surface area contributed by atoms with Crippen LogP contribution in [-0.4, -0.2) is 129 Å². The molecule has 84 heavy (non-hydrogen) atoms. The van der Waals surface area contributed by atoms with E-state index in [0.29, 0.717) is 50.4 Å². The number of amides is 1. The van der Waals surface area contributed by atoms with Gasteiger partial charge in [-0.15, -0.1) is 37.9 Å². The molecule has 0 radical (unpaired) electrons. The SMILES string of the molecule is CC1CC(C)(C)N(Cc2ccccc2S(=O)(=O)O)c2cc3c(cc21)C(c1ccccc1C(=O)N(C)CCCC(=O)O)=c1cc2c(cc1C3(C)C)=[N+](Cc1ccccc1S(=O)(=O)O)C(C)(C)CC2CS(=O)(=O)O.O=S(=O)=O.O=S(=O)=O.O=S(=O)=O. The van der Waals surface area contributed by atoms with E-state index in [1.54, 1.807) is 49.5 Å². The molecule has 1 amide bonds. The molecule has 0 fully saturated rings. The molecule has 0 aromatic heterocycles. The molecule has 8 rings (SSSR count). The van der Waals surface area contributed by atoms with Crippen LogP contribution in [0.4, 0.5) is 5.69 Å². The summed E-state index contributed by atoms with van der Waals surface area (Å²) < 4.78 is 186. The number of hydrogen-bond donors (Lipinski definition) is 4. The molecule has 0 bridgehead atoms. The summed E-state index contributed by atoms with van der Waals surface area (Å²) in [5.41, 5.74) is 4.85. The molecule has 24 nitrogen and oxygen atoms in total. The predicted molar refractivity (Wildman–Crippen MR) is 304 cm³/mol. The van der Waals surface area contributed by atoms with Gasteiger partial charge >= 0.3 is 37.8 Å². The van der Waals surface area contributed by atoms with Crippen LogP contribution < -0.4 is 20.1 Å². The highest BCUT2D eigenvalue weighted by molar-refractivity contribution is 7.86. The van der Waals surface area contributed by atoms with Gasteiger partial charge in [-0.3, -0.25) is 23.2 Å². The van der Waals surface area contributed by atoms with E-state index in [-0.39, 0.29) is 60.5 Å². The molecule has 1 aliphatic carbocycles. The fourth-order valence-corrected chi connectivity index (χ4v) is 13.9. The first kappa shape index (κ1) is 67.9. The van der Waals surface area contributed by atoms with Gasteiger partial charge in [0.05, 0.1) is 10.6 Å². The highest BCUT2D eigenvalue weighted by Crippen LogP contribution is 2.50. The molecule has 5 aromatic rings. The molecule has 2 aliphatic heterocycles. The van der Waals surface area contributed by atoms with E-state index in [1.165, 1.54) is 23.1 Å². The van der Waals surface area contributed by atoms with Crippen LogP contribution in [0.25, 0.3) is 5.57 Å². The predicted octanol–water partition coefficient (Wildman–Crippen LogP) is 4.13. The fourth-order valence-electron chi connectivity index (χ4n) is 11.6. The monoisotopic (exact) mass is 1280 g/mol. The quantitative estimate of drug-likeness (QED) is 0.0897. The normalized spacial score (nSPS) is 17.1. The molecule has 4 N–H and O–H groups in total. The summed E-state index contributed by atoms with van der Waals surface area (Å²) in [4.78, 5) is 29.3. The number of carboxylic acid groups (broad SMARTS) is 1. The average molecular weight is 1280 g/mol. The Labute approximate surface area is 490 Å². The zero-order chi connectivity index (χ0) is 63.4. The van der Waals surface area contributed by atoms with Crippen molar-refractivity contribution in [3.63, 3.8) is 0 Å². The molecule has 2 unspecified atom stereocenters. The highest BCUT2D eigenvalue weighted by Gasteiger charge is 2.46. The third kappa shape index (κ3) is 16.3. The second kappa shape index (κ2) is 26.2. The minimum absolute atomic E-state index is 0.00699.